The fourth-order valence-electron chi connectivity index (χ4n) is 2.61. The zero-order chi connectivity index (χ0) is 16.5. The summed E-state index contributed by atoms with van der Waals surface area (Å²) in [6.07, 6.45) is 4.79. The number of hydrogen-bond acceptors (Lipinski definition) is 6. The Balaban J connectivity index is 2.01. The van der Waals surface area contributed by atoms with E-state index in [9.17, 15) is 5.11 Å². The summed E-state index contributed by atoms with van der Waals surface area (Å²) < 4.78 is 1.91. The van der Waals surface area contributed by atoms with E-state index < -0.39 is 0 Å². The van der Waals surface area contributed by atoms with E-state index in [4.69, 9.17) is 5.73 Å². The summed E-state index contributed by atoms with van der Waals surface area (Å²) in [7, 11) is 0. The first kappa shape index (κ1) is 14.3. The molecule has 24 heavy (non-hydrogen) atoms. The van der Waals surface area contributed by atoms with Gasteiger partial charge in [-0.25, -0.2) is 19.9 Å². The molecule has 0 bridgehead atoms. The van der Waals surface area contributed by atoms with E-state index in [1.165, 1.54) is 6.33 Å². The SMILES string of the molecule is Nc1ncccc1-c1nc2cncnc2n1-c1ccc(CO)cc1. The zero-order valence-corrected chi connectivity index (χ0v) is 12.7. The van der Waals surface area contributed by atoms with Gasteiger partial charge in [-0.1, -0.05) is 12.1 Å². The number of nitrogen functional groups attached to an aromatic ring is 1. The van der Waals surface area contributed by atoms with Gasteiger partial charge in [0.25, 0.3) is 0 Å². The molecule has 0 radical (unpaired) electrons. The van der Waals surface area contributed by atoms with E-state index in [1.54, 1.807) is 12.4 Å². The monoisotopic (exact) mass is 318 g/mol. The molecule has 0 amide bonds. The molecule has 0 atom stereocenters. The highest BCUT2D eigenvalue weighted by molar-refractivity contribution is 5.82. The van der Waals surface area contributed by atoms with Crippen molar-refractivity contribution >= 4 is 17.0 Å². The van der Waals surface area contributed by atoms with Gasteiger partial charge in [0.2, 0.25) is 0 Å². The summed E-state index contributed by atoms with van der Waals surface area (Å²) >= 11 is 0. The van der Waals surface area contributed by atoms with Crippen LogP contribution in [-0.4, -0.2) is 29.6 Å². The Morgan fingerprint density at radius 1 is 1.08 bits per heavy atom. The number of fused-ring (bicyclic) bond motifs is 1. The van der Waals surface area contributed by atoms with Crippen LogP contribution in [0.25, 0.3) is 28.2 Å². The molecule has 0 saturated heterocycles. The minimum atomic E-state index is -0.00443. The van der Waals surface area contributed by atoms with Crippen LogP contribution in [0, 0.1) is 0 Å². The number of benzene rings is 1. The lowest BCUT2D eigenvalue weighted by molar-refractivity contribution is 0.282. The van der Waals surface area contributed by atoms with Gasteiger partial charge >= 0.3 is 0 Å². The van der Waals surface area contributed by atoms with Crippen LogP contribution < -0.4 is 5.73 Å². The lowest BCUT2D eigenvalue weighted by Crippen LogP contribution is -2.02. The summed E-state index contributed by atoms with van der Waals surface area (Å²) in [6, 6.07) is 11.2. The minimum absolute atomic E-state index is 0.00443. The van der Waals surface area contributed by atoms with Crippen molar-refractivity contribution in [2.75, 3.05) is 5.73 Å². The number of aliphatic hydroxyl groups excluding tert-OH is 1. The van der Waals surface area contributed by atoms with Gasteiger partial charge in [-0.05, 0) is 29.8 Å². The van der Waals surface area contributed by atoms with Gasteiger partial charge < -0.3 is 10.8 Å². The molecule has 4 aromatic rings. The highest BCUT2D eigenvalue weighted by Gasteiger charge is 2.17. The molecule has 7 heteroatoms. The molecule has 0 saturated carbocycles. The van der Waals surface area contributed by atoms with Gasteiger partial charge in [0.1, 0.15) is 17.7 Å². The molecule has 0 aliphatic carbocycles. The largest absolute Gasteiger partial charge is 0.392 e. The third-order valence-corrected chi connectivity index (χ3v) is 3.78. The van der Waals surface area contributed by atoms with E-state index in [0.29, 0.717) is 22.8 Å². The van der Waals surface area contributed by atoms with Crippen LogP contribution in [0.1, 0.15) is 5.56 Å². The maximum absolute atomic E-state index is 9.24. The molecule has 4 rings (SSSR count). The van der Waals surface area contributed by atoms with Gasteiger partial charge in [-0.15, -0.1) is 0 Å². The summed E-state index contributed by atoms with van der Waals surface area (Å²) in [4.78, 5) is 17.2. The molecular weight excluding hydrogens is 304 g/mol. The number of aliphatic hydroxyl groups is 1. The van der Waals surface area contributed by atoms with Crippen LogP contribution >= 0.6 is 0 Å². The number of nitrogens with zero attached hydrogens (tertiary/aromatic N) is 5. The lowest BCUT2D eigenvalue weighted by Gasteiger charge is -2.10. The molecule has 0 aliphatic heterocycles. The number of rotatable bonds is 3. The molecule has 0 unspecified atom stereocenters. The Hall–Kier alpha value is -3.32. The quantitative estimate of drug-likeness (QED) is 0.598. The van der Waals surface area contributed by atoms with Gasteiger partial charge in [0.15, 0.2) is 11.5 Å². The molecule has 118 valence electrons. The van der Waals surface area contributed by atoms with E-state index in [1.807, 2.05) is 41.0 Å². The van der Waals surface area contributed by atoms with Gasteiger partial charge in [-0.2, -0.15) is 0 Å². The van der Waals surface area contributed by atoms with Crippen molar-refractivity contribution in [1.82, 2.24) is 24.5 Å². The first-order valence-corrected chi connectivity index (χ1v) is 7.37. The van der Waals surface area contributed by atoms with Crippen LogP contribution in [0.5, 0.6) is 0 Å². The fourth-order valence-corrected chi connectivity index (χ4v) is 2.61. The first-order chi connectivity index (χ1) is 11.8. The average molecular weight is 318 g/mol. The van der Waals surface area contributed by atoms with Crippen LogP contribution in [0.15, 0.2) is 55.1 Å². The van der Waals surface area contributed by atoms with E-state index in [0.717, 1.165) is 16.8 Å². The normalized spacial score (nSPS) is 11.0. The summed E-state index contributed by atoms with van der Waals surface area (Å²) in [5.41, 5.74) is 9.81. The highest BCUT2D eigenvalue weighted by atomic mass is 16.3. The number of pyridine rings is 1. The molecule has 0 spiro atoms. The lowest BCUT2D eigenvalue weighted by atomic mass is 10.2. The Kier molecular flexibility index (Phi) is 3.40. The second-order valence-electron chi connectivity index (χ2n) is 5.26. The Morgan fingerprint density at radius 3 is 2.67 bits per heavy atom. The molecule has 1 aromatic carbocycles. The molecule has 3 N–H and O–H groups in total. The summed E-state index contributed by atoms with van der Waals surface area (Å²) in [5, 5.41) is 9.24. The Morgan fingerprint density at radius 2 is 1.92 bits per heavy atom. The zero-order valence-electron chi connectivity index (χ0n) is 12.7. The van der Waals surface area contributed by atoms with Crippen molar-refractivity contribution in [2.24, 2.45) is 0 Å². The third-order valence-electron chi connectivity index (χ3n) is 3.78. The number of anilines is 1. The van der Waals surface area contributed by atoms with Gasteiger partial charge in [0.05, 0.1) is 18.4 Å². The maximum atomic E-state index is 9.24. The van der Waals surface area contributed by atoms with Crippen molar-refractivity contribution < 1.29 is 5.11 Å². The van der Waals surface area contributed by atoms with E-state index in [-0.39, 0.29) is 6.61 Å². The summed E-state index contributed by atoms with van der Waals surface area (Å²) in [5.74, 6) is 1.04. The van der Waals surface area contributed by atoms with Gasteiger partial charge in [-0.3, -0.25) is 4.57 Å². The predicted molar refractivity (Wildman–Crippen MR) is 90.2 cm³/mol. The van der Waals surface area contributed by atoms with Crippen LogP contribution in [0.2, 0.25) is 0 Å². The number of imidazole rings is 1. The summed E-state index contributed by atoms with van der Waals surface area (Å²) in [6.45, 7) is -0.00443. The maximum Gasteiger partial charge on any atom is 0.168 e. The van der Waals surface area contributed by atoms with Crippen molar-refractivity contribution in [2.45, 2.75) is 6.61 Å². The number of nitrogens with two attached hydrogens (primary N) is 1. The van der Waals surface area contributed by atoms with E-state index >= 15 is 0 Å². The number of hydrogen-bond donors (Lipinski definition) is 2. The van der Waals surface area contributed by atoms with Crippen LogP contribution in [0.3, 0.4) is 0 Å². The van der Waals surface area contributed by atoms with Crippen molar-refractivity contribution in [3.8, 4) is 17.1 Å². The molecule has 3 heterocycles. The predicted octanol–water partition coefficient (Wildman–Crippen LogP) is 1.95. The molecule has 0 aliphatic rings. The van der Waals surface area contributed by atoms with Crippen LogP contribution in [-0.2, 0) is 6.61 Å². The smallest absolute Gasteiger partial charge is 0.168 e. The molecule has 3 aromatic heterocycles. The van der Waals surface area contributed by atoms with Gasteiger partial charge in [0, 0.05) is 11.9 Å². The minimum Gasteiger partial charge on any atom is -0.392 e. The average Bonchev–Trinajstić information content (AvgIpc) is 3.01. The standard InChI is InChI=1S/C17H14N6O/c18-15-13(2-1-7-20-15)16-22-14-8-19-10-21-17(14)23(16)12-5-3-11(9-24)4-6-12/h1-8,10,24H,9H2,(H2,18,20). The van der Waals surface area contributed by atoms with E-state index in [2.05, 4.69) is 19.9 Å². The molecule has 0 fully saturated rings. The Bertz CT molecular complexity index is 1010. The second kappa shape index (κ2) is 5.71. The van der Waals surface area contributed by atoms with Crippen molar-refractivity contribution in [3.63, 3.8) is 0 Å². The topological polar surface area (TPSA) is 103 Å². The van der Waals surface area contributed by atoms with Crippen LogP contribution in [0.4, 0.5) is 5.82 Å². The fraction of sp³-hybridized carbons (Fsp3) is 0.0588. The molecular formula is C17H14N6O. The number of aromatic nitrogens is 5. The molecule has 7 nitrogen and oxygen atoms in total. The second-order valence-corrected chi connectivity index (χ2v) is 5.26. The highest BCUT2D eigenvalue weighted by Crippen LogP contribution is 2.29. The van der Waals surface area contributed by atoms with Crippen molar-refractivity contribution in [3.05, 3.63) is 60.7 Å². The third kappa shape index (κ3) is 2.27. The Labute approximate surface area is 137 Å². The van der Waals surface area contributed by atoms with Crippen molar-refractivity contribution in [1.29, 1.82) is 0 Å². The first-order valence-electron chi connectivity index (χ1n) is 7.37.